The standard InChI is InChI=1S/C20H26ClF3N2O3S/c21-15-11-12-18(26-30(27,28)20(22,23)24)17(13-15)19(14-7-3-1-4-8-14)25-29-16-9-5-2-6-10-16/h11-14,16,26H,1-10H2/b25-19+. The lowest BCUT2D eigenvalue weighted by molar-refractivity contribution is -0.0429. The quantitative estimate of drug-likeness (QED) is 0.399. The molecule has 0 spiro atoms. The van der Waals surface area contributed by atoms with Gasteiger partial charge >= 0.3 is 15.5 Å². The number of oxime groups is 1. The van der Waals surface area contributed by atoms with Crippen molar-refractivity contribution >= 4 is 33.0 Å². The number of hydrogen-bond donors (Lipinski definition) is 1. The molecule has 1 aromatic carbocycles. The van der Waals surface area contributed by atoms with Crippen LogP contribution < -0.4 is 4.72 Å². The van der Waals surface area contributed by atoms with Crippen LogP contribution in [0.1, 0.15) is 69.8 Å². The Balaban J connectivity index is 1.98. The normalized spacial score (nSPS) is 20.2. The zero-order valence-corrected chi connectivity index (χ0v) is 18.1. The second-order valence-electron chi connectivity index (χ2n) is 7.92. The van der Waals surface area contributed by atoms with Gasteiger partial charge in [-0.15, -0.1) is 0 Å². The summed E-state index contributed by atoms with van der Waals surface area (Å²) in [6, 6.07) is 4.03. The molecule has 0 aliphatic heterocycles. The fourth-order valence-corrected chi connectivity index (χ4v) is 4.80. The second kappa shape index (κ2) is 9.77. The highest BCUT2D eigenvalue weighted by atomic mass is 35.5. The molecule has 0 saturated heterocycles. The van der Waals surface area contributed by atoms with Gasteiger partial charge in [-0.3, -0.25) is 4.72 Å². The van der Waals surface area contributed by atoms with Crippen LogP contribution in [0.4, 0.5) is 18.9 Å². The Morgan fingerprint density at radius 2 is 1.63 bits per heavy atom. The summed E-state index contributed by atoms with van der Waals surface area (Å²) in [7, 11) is -5.57. The summed E-state index contributed by atoms with van der Waals surface area (Å²) in [5, 5.41) is 4.66. The van der Waals surface area contributed by atoms with Crippen molar-refractivity contribution in [3.8, 4) is 0 Å². The maximum atomic E-state index is 12.9. The number of halogens is 4. The summed E-state index contributed by atoms with van der Waals surface area (Å²) in [6.45, 7) is 0. The molecule has 1 N–H and O–H groups in total. The van der Waals surface area contributed by atoms with Gasteiger partial charge in [0.2, 0.25) is 0 Å². The molecule has 0 radical (unpaired) electrons. The number of anilines is 1. The summed E-state index contributed by atoms with van der Waals surface area (Å²) in [5.41, 5.74) is -4.93. The fourth-order valence-electron chi connectivity index (χ4n) is 4.04. The van der Waals surface area contributed by atoms with Crippen LogP contribution in [-0.4, -0.2) is 25.7 Å². The van der Waals surface area contributed by atoms with Gasteiger partial charge in [0.25, 0.3) is 0 Å². The van der Waals surface area contributed by atoms with Crippen LogP contribution in [0.3, 0.4) is 0 Å². The molecule has 1 aromatic rings. The molecule has 0 unspecified atom stereocenters. The van der Waals surface area contributed by atoms with E-state index in [1.165, 1.54) is 18.2 Å². The van der Waals surface area contributed by atoms with E-state index in [4.69, 9.17) is 16.4 Å². The minimum Gasteiger partial charge on any atom is -0.392 e. The first kappa shape index (κ1) is 23.2. The maximum absolute atomic E-state index is 12.9. The van der Waals surface area contributed by atoms with Gasteiger partial charge in [0, 0.05) is 16.5 Å². The predicted molar refractivity (Wildman–Crippen MR) is 111 cm³/mol. The smallest absolute Gasteiger partial charge is 0.392 e. The lowest BCUT2D eigenvalue weighted by atomic mass is 9.83. The van der Waals surface area contributed by atoms with Gasteiger partial charge in [-0.05, 0) is 56.7 Å². The third kappa shape index (κ3) is 5.81. The van der Waals surface area contributed by atoms with Crippen molar-refractivity contribution in [3.63, 3.8) is 0 Å². The molecule has 0 heterocycles. The van der Waals surface area contributed by atoms with Crippen LogP contribution in [0.5, 0.6) is 0 Å². The third-order valence-corrected chi connectivity index (χ3v) is 6.98. The molecule has 3 rings (SSSR count). The van der Waals surface area contributed by atoms with Gasteiger partial charge in [-0.25, -0.2) is 0 Å². The molecule has 2 fully saturated rings. The van der Waals surface area contributed by atoms with Gasteiger partial charge in [-0.2, -0.15) is 21.6 Å². The van der Waals surface area contributed by atoms with E-state index in [9.17, 15) is 21.6 Å². The summed E-state index contributed by atoms with van der Waals surface area (Å²) in [6.07, 6.45) is 9.61. The van der Waals surface area contributed by atoms with Gasteiger partial charge in [0.05, 0.1) is 11.4 Å². The number of rotatable bonds is 6. The number of sulfonamides is 1. The van der Waals surface area contributed by atoms with E-state index in [0.717, 1.165) is 64.2 Å². The SMILES string of the molecule is O=S(=O)(Nc1ccc(Cl)cc1/C(=N/OC1CCCCC1)C1CCCCC1)C(F)(F)F. The summed E-state index contributed by atoms with van der Waals surface area (Å²) in [5.74, 6) is -0.0325. The average molecular weight is 467 g/mol. The Kier molecular flexibility index (Phi) is 7.55. The molecule has 0 aromatic heterocycles. The summed E-state index contributed by atoms with van der Waals surface area (Å²) in [4.78, 5) is 5.79. The van der Waals surface area contributed by atoms with E-state index in [0.29, 0.717) is 5.71 Å². The highest BCUT2D eigenvalue weighted by molar-refractivity contribution is 7.93. The highest BCUT2D eigenvalue weighted by Gasteiger charge is 2.46. The summed E-state index contributed by atoms with van der Waals surface area (Å²) >= 11 is 6.11. The Bertz CT molecular complexity index is 863. The van der Waals surface area contributed by atoms with E-state index in [2.05, 4.69) is 5.16 Å². The fraction of sp³-hybridized carbons (Fsp3) is 0.650. The van der Waals surface area contributed by atoms with Crippen LogP contribution in [0.25, 0.3) is 0 Å². The van der Waals surface area contributed by atoms with Crippen molar-refractivity contribution < 1.29 is 26.4 Å². The van der Waals surface area contributed by atoms with Gasteiger partial charge in [-0.1, -0.05) is 42.4 Å². The first-order valence-electron chi connectivity index (χ1n) is 10.3. The Labute approximate surface area is 180 Å². The molecular formula is C20H26ClF3N2O3S. The van der Waals surface area contributed by atoms with Crippen molar-refractivity contribution in [2.45, 2.75) is 75.8 Å². The minimum absolute atomic E-state index is 0.0325. The maximum Gasteiger partial charge on any atom is 0.516 e. The number of nitrogens with zero attached hydrogens (tertiary/aromatic N) is 1. The molecule has 168 valence electrons. The largest absolute Gasteiger partial charge is 0.516 e. The van der Waals surface area contributed by atoms with E-state index in [1.807, 2.05) is 0 Å². The number of benzene rings is 1. The Hall–Kier alpha value is -1.48. The molecule has 2 saturated carbocycles. The van der Waals surface area contributed by atoms with Crippen LogP contribution in [0.2, 0.25) is 5.02 Å². The second-order valence-corrected chi connectivity index (χ2v) is 10.0. The molecule has 10 heteroatoms. The molecule has 0 amide bonds. The average Bonchev–Trinajstić information content (AvgIpc) is 2.71. The van der Waals surface area contributed by atoms with E-state index >= 15 is 0 Å². The topological polar surface area (TPSA) is 67.8 Å². The number of nitrogens with one attached hydrogen (secondary N) is 1. The Morgan fingerprint density at radius 3 is 2.23 bits per heavy atom. The van der Waals surface area contributed by atoms with E-state index in [-0.39, 0.29) is 28.3 Å². The molecule has 5 nitrogen and oxygen atoms in total. The van der Waals surface area contributed by atoms with Gasteiger partial charge < -0.3 is 4.84 Å². The van der Waals surface area contributed by atoms with Crippen molar-refractivity contribution in [2.75, 3.05) is 4.72 Å². The van der Waals surface area contributed by atoms with Crippen molar-refractivity contribution in [3.05, 3.63) is 28.8 Å². The predicted octanol–water partition coefficient (Wildman–Crippen LogP) is 6.24. The lowest BCUT2D eigenvalue weighted by Crippen LogP contribution is -2.31. The van der Waals surface area contributed by atoms with Crippen LogP contribution in [-0.2, 0) is 14.9 Å². The molecular weight excluding hydrogens is 441 g/mol. The molecule has 30 heavy (non-hydrogen) atoms. The van der Waals surface area contributed by atoms with E-state index < -0.39 is 15.5 Å². The zero-order chi connectivity index (χ0) is 21.8. The van der Waals surface area contributed by atoms with Gasteiger partial charge in [0.15, 0.2) is 0 Å². The molecule has 0 bridgehead atoms. The van der Waals surface area contributed by atoms with Crippen molar-refractivity contribution in [1.29, 1.82) is 0 Å². The zero-order valence-electron chi connectivity index (χ0n) is 16.5. The van der Waals surface area contributed by atoms with Crippen molar-refractivity contribution in [2.24, 2.45) is 11.1 Å². The first-order valence-corrected chi connectivity index (χ1v) is 12.2. The van der Waals surface area contributed by atoms with Crippen LogP contribution >= 0.6 is 11.6 Å². The molecule has 2 aliphatic rings. The third-order valence-electron chi connectivity index (χ3n) is 5.65. The molecule has 0 atom stereocenters. The molecule has 2 aliphatic carbocycles. The van der Waals surface area contributed by atoms with Crippen molar-refractivity contribution in [1.82, 2.24) is 0 Å². The Morgan fingerprint density at radius 1 is 1.03 bits per heavy atom. The van der Waals surface area contributed by atoms with E-state index in [1.54, 1.807) is 4.72 Å². The highest BCUT2D eigenvalue weighted by Crippen LogP contribution is 2.34. The van der Waals surface area contributed by atoms with Gasteiger partial charge in [0.1, 0.15) is 6.10 Å². The lowest BCUT2D eigenvalue weighted by Gasteiger charge is -2.26. The first-order chi connectivity index (χ1) is 14.2. The minimum atomic E-state index is -5.57. The van der Waals surface area contributed by atoms with Crippen LogP contribution in [0, 0.1) is 5.92 Å². The number of hydrogen-bond acceptors (Lipinski definition) is 4. The monoisotopic (exact) mass is 466 g/mol. The summed E-state index contributed by atoms with van der Waals surface area (Å²) < 4.78 is 63.9. The number of alkyl halides is 3. The van der Waals surface area contributed by atoms with Crippen LogP contribution in [0.15, 0.2) is 23.4 Å².